The Morgan fingerprint density at radius 3 is 2.62 bits per heavy atom. The lowest BCUT2D eigenvalue weighted by Crippen LogP contribution is -2.26. The van der Waals surface area contributed by atoms with Crippen molar-refractivity contribution in [2.75, 3.05) is 13.7 Å². The summed E-state index contributed by atoms with van der Waals surface area (Å²) in [4.78, 5) is 12.1. The van der Waals surface area contributed by atoms with Gasteiger partial charge in [-0.05, 0) is 39.7 Å². The van der Waals surface area contributed by atoms with Gasteiger partial charge in [0.15, 0.2) is 0 Å². The monoisotopic (exact) mass is 367 g/mol. The van der Waals surface area contributed by atoms with Crippen LogP contribution in [0.5, 0.6) is 5.75 Å². The van der Waals surface area contributed by atoms with Crippen LogP contribution in [0.4, 0.5) is 0 Å². The van der Waals surface area contributed by atoms with Gasteiger partial charge in [0.1, 0.15) is 5.75 Å². The van der Waals surface area contributed by atoms with Crippen molar-refractivity contribution in [2.45, 2.75) is 5.38 Å². The Morgan fingerprint density at radius 1 is 1.29 bits per heavy atom. The van der Waals surface area contributed by atoms with E-state index in [1.54, 1.807) is 25.3 Å². The maximum absolute atomic E-state index is 12.1. The molecule has 0 aliphatic heterocycles. The van der Waals surface area contributed by atoms with Crippen molar-refractivity contribution in [3.05, 3.63) is 64.1 Å². The highest BCUT2D eigenvalue weighted by molar-refractivity contribution is 9.10. The van der Waals surface area contributed by atoms with Crippen LogP contribution in [0.2, 0.25) is 0 Å². The quantitative estimate of drug-likeness (QED) is 0.805. The van der Waals surface area contributed by atoms with Crippen LogP contribution in [0.15, 0.2) is 53.0 Å². The van der Waals surface area contributed by atoms with Crippen LogP contribution in [0.3, 0.4) is 0 Å². The zero-order chi connectivity index (χ0) is 15.2. The fraction of sp³-hybridized carbons (Fsp3) is 0.188. The summed E-state index contributed by atoms with van der Waals surface area (Å²) < 4.78 is 5.88. The number of ether oxygens (including phenoxy) is 1. The Labute approximate surface area is 137 Å². The Bertz CT molecular complexity index is 619. The van der Waals surface area contributed by atoms with Crippen molar-refractivity contribution >= 4 is 33.4 Å². The van der Waals surface area contributed by atoms with Crippen molar-refractivity contribution in [3.63, 3.8) is 0 Å². The van der Waals surface area contributed by atoms with Gasteiger partial charge in [0.25, 0.3) is 5.91 Å². The molecule has 21 heavy (non-hydrogen) atoms. The summed E-state index contributed by atoms with van der Waals surface area (Å²) in [6.45, 7) is 0.369. The van der Waals surface area contributed by atoms with Gasteiger partial charge in [-0.2, -0.15) is 0 Å². The SMILES string of the molecule is COc1ccc(C(=O)NCC(Cl)c2ccccc2)cc1Br. The van der Waals surface area contributed by atoms with Crippen molar-refractivity contribution < 1.29 is 9.53 Å². The van der Waals surface area contributed by atoms with E-state index in [0.717, 1.165) is 10.0 Å². The molecule has 1 N–H and O–H groups in total. The number of methoxy groups -OCH3 is 1. The fourth-order valence-corrected chi connectivity index (χ4v) is 2.63. The highest BCUT2D eigenvalue weighted by atomic mass is 79.9. The second-order valence-electron chi connectivity index (χ2n) is 4.44. The summed E-state index contributed by atoms with van der Waals surface area (Å²) >= 11 is 9.63. The molecule has 1 amide bonds. The van der Waals surface area contributed by atoms with E-state index in [-0.39, 0.29) is 11.3 Å². The first-order valence-corrected chi connectivity index (χ1v) is 7.65. The highest BCUT2D eigenvalue weighted by Gasteiger charge is 2.12. The molecule has 0 aliphatic carbocycles. The lowest BCUT2D eigenvalue weighted by atomic mass is 10.1. The van der Waals surface area contributed by atoms with E-state index in [2.05, 4.69) is 21.2 Å². The van der Waals surface area contributed by atoms with Gasteiger partial charge in [0.05, 0.1) is 17.0 Å². The molecule has 5 heteroatoms. The topological polar surface area (TPSA) is 38.3 Å². The van der Waals surface area contributed by atoms with E-state index in [1.165, 1.54) is 0 Å². The number of halogens is 2. The zero-order valence-corrected chi connectivity index (χ0v) is 13.8. The van der Waals surface area contributed by atoms with Gasteiger partial charge in [0, 0.05) is 12.1 Å². The summed E-state index contributed by atoms with van der Waals surface area (Å²) in [5.41, 5.74) is 1.54. The molecule has 0 radical (unpaired) electrons. The third-order valence-electron chi connectivity index (χ3n) is 3.02. The largest absolute Gasteiger partial charge is 0.496 e. The Hall–Kier alpha value is -1.52. The number of rotatable bonds is 5. The molecule has 2 aromatic carbocycles. The molecule has 1 unspecified atom stereocenters. The van der Waals surface area contributed by atoms with Crippen LogP contribution < -0.4 is 10.1 Å². The molecule has 0 aromatic heterocycles. The van der Waals surface area contributed by atoms with Crippen LogP contribution in [-0.4, -0.2) is 19.6 Å². The summed E-state index contributed by atoms with van der Waals surface area (Å²) in [7, 11) is 1.58. The van der Waals surface area contributed by atoms with Gasteiger partial charge in [-0.15, -0.1) is 11.6 Å². The molecule has 0 heterocycles. The molecule has 1 atom stereocenters. The Balaban J connectivity index is 1.97. The van der Waals surface area contributed by atoms with Crippen LogP contribution in [0.1, 0.15) is 21.3 Å². The summed E-state index contributed by atoms with van der Waals surface area (Å²) in [5, 5.41) is 2.58. The molecular formula is C16H15BrClNO2. The first kappa shape index (κ1) is 15.9. The predicted octanol–water partition coefficient (Wildman–Crippen LogP) is 4.17. The molecule has 0 saturated heterocycles. The number of hydrogen-bond acceptors (Lipinski definition) is 2. The summed E-state index contributed by atoms with van der Waals surface area (Å²) in [5.74, 6) is 0.519. The first-order valence-electron chi connectivity index (χ1n) is 6.42. The maximum atomic E-state index is 12.1. The molecular weight excluding hydrogens is 354 g/mol. The normalized spacial score (nSPS) is 11.8. The minimum Gasteiger partial charge on any atom is -0.496 e. The van der Waals surface area contributed by atoms with Crippen LogP contribution in [0, 0.1) is 0 Å². The predicted molar refractivity (Wildman–Crippen MR) is 88.1 cm³/mol. The molecule has 110 valence electrons. The van der Waals surface area contributed by atoms with E-state index in [4.69, 9.17) is 16.3 Å². The average molecular weight is 369 g/mol. The van der Waals surface area contributed by atoms with Gasteiger partial charge < -0.3 is 10.1 Å². The molecule has 0 aliphatic rings. The third kappa shape index (κ3) is 4.22. The second kappa shape index (κ2) is 7.48. The molecule has 0 saturated carbocycles. The number of carbonyl (C=O) groups is 1. The number of alkyl halides is 1. The molecule has 0 bridgehead atoms. The van der Waals surface area contributed by atoms with Crippen molar-refractivity contribution in [2.24, 2.45) is 0 Å². The van der Waals surface area contributed by atoms with Gasteiger partial charge in [-0.25, -0.2) is 0 Å². The van der Waals surface area contributed by atoms with Gasteiger partial charge in [-0.1, -0.05) is 30.3 Å². The molecule has 3 nitrogen and oxygen atoms in total. The van der Waals surface area contributed by atoms with Crippen molar-refractivity contribution in [1.29, 1.82) is 0 Å². The van der Waals surface area contributed by atoms with Gasteiger partial charge >= 0.3 is 0 Å². The lowest BCUT2D eigenvalue weighted by Gasteiger charge is -2.12. The zero-order valence-electron chi connectivity index (χ0n) is 11.5. The minimum absolute atomic E-state index is 0.167. The minimum atomic E-state index is -0.253. The Kier molecular flexibility index (Phi) is 5.65. The maximum Gasteiger partial charge on any atom is 0.251 e. The standard InChI is InChI=1S/C16H15BrClNO2/c1-21-15-8-7-12(9-13(15)17)16(20)19-10-14(18)11-5-3-2-4-6-11/h2-9,14H,10H2,1H3,(H,19,20). The smallest absolute Gasteiger partial charge is 0.251 e. The number of nitrogens with one attached hydrogen (secondary N) is 1. The van der Waals surface area contributed by atoms with E-state index in [1.807, 2.05) is 30.3 Å². The van der Waals surface area contributed by atoms with Crippen molar-refractivity contribution in [1.82, 2.24) is 5.32 Å². The number of benzene rings is 2. The van der Waals surface area contributed by atoms with Crippen LogP contribution in [0.25, 0.3) is 0 Å². The van der Waals surface area contributed by atoms with Crippen LogP contribution >= 0.6 is 27.5 Å². The van der Waals surface area contributed by atoms with Gasteiger partial charge in [-0.3, -0.25) is 4.79 Å². The molecule has 0 spiro atoms. The van der Waals surface area contributed by atoms with E-state index in [0.29, 0.717) is 17.9 Å². The van der Waals surface area contributed by atoms with E-state index < -0.39 is 0 Å². The highest BCUT2D eigenvalue weighted by Crippen LogP contribution is 2.25. The number of amides is 1. The molecule has 2 aromatic rings. The second-order valence-corrected chi connectivity index (χ2v) is 5.82. The van der Waals surface area contributed by atoms with E-state index in [9.17, 15) is 4.79 Å². The number of carbonyl (C=O) groups excluding carboxylic acids is 1. The van der Waals surface area contributed by atoms with E-state index >= 15 is 0 Å². The third-order valence-corrected chi connectivity index (χ3v) is 4.04. The fourth-order valence-electron chi connectivity index (χ4n) is 1.87. The Morgan fingerprint density at radius 2 is 2.00 bits per heavy atom. The molecule has 2 rings (SSSR count). The van der Waals surface area contributed by atoms with Crippen molar-refractivity contribution in [3.8, 4) is 5.75 Å². The average Bonchev–Trinajstić information content (AvgIpc) is 2.53. The molecule has 0 fully saturated rings. The van der Waals surface area contributed by atoms with Gasteiger partial charge in [0.2, 0.25) is 0 Å². The number of hydrogen-bond donors (Lipinski definition) is 1. The lowest BCUT2D eigenvalue weighted by molar-refractivity contribution is 0.0953. The first-order chi connectivity index (χ1) is 10.1. The summed E-state index contributed by atoms with van der Waals surface area (Å²) in [6.07, 6.45) is 0. The summed E-state index contributed by atoms with van der Waals surface area (Å²) in [6, 6.07) is 14.8. The van der Waals surface area contributed by atoms with Crippen LogP contribution in [-0.2, 0) is 0 Å².